The van der Waals surface area contributed by atoms with Gasteiger partial charge in [-0.2, -0.15) is 0 Å². The molecule has 40 heavy (non-hydrogen) atoms. The van der Waals surface area contributed by atoms with Gasteiger partial charge in [0, 0.05) is 12.8 Å². The third kappa shape index (κ3) is 24.3. The summed E-state index contributed by atoms with van der Waals surface area (Å²) in [7, 11) is 0. The minimum absolute atomic E-state index is 0. The summed E-state index contributed by atoms with van der Waals surface area (Å²) in [5.74, 6) is 0. The normalized spacial score (nSPS) is 11.8. The molecule has 0 aliphatic carbocycles. The summed E-state index contributed by atoms with van der Waals surface area (Å²) >= 11 is 0. The summed E-state index contributed by atoms with van der Waals surface area (Å²) in [6, 6.07) is 0. The van der Waals surface area contributed by atoms with E-state index in [9.17, 15) is 0 Å². The molecule has 0 heterocycles. The molecule has 0 aliphatic rings. The van der Waals surface area contributed by atoms with Gasteiger partial charge in [-0.05, 0) is 51.4 Å². The van der Waals surface area contributed by atoms with E-state index in [1.165, 1.54) is 203 Å². The predicted molar refractivity (Wildman–Crippen MR) is 175 cm³/mol. The molecule has 0 aromatic carbocycles. The van der Waals surface area contributed by atoms with Crippen LogP contribution in [0.5, 0.6) is 0 Å². The average Bonchev–Trinajstić information content (AvgIpc) is 2.90. The van der Waals surface area contributed by atoms with Crippen LogP contribution < -0.4 is 34.0 Å². The van der Waals surface area contributed by atoms with Gasteiger partial charge >= 0.3 is 0 Å². The zero-order chi connectivity index (χ0) is 28.2. The van der Waals surface area contributed by atoms with Crippen LogP contribution in [0.25, 0.3) is 0 Å². The second-order valence-electron chi connectivity index (χ2n) is 13.1. The highest BCUT2D eigenvalue weighted by atomic mass is 79.9. The lowest BCUT2D eigenvalue weighted by molar-refractivity contribution is -0.934. The largest absolute Gasteiger partial charge is 1.00 e. The first-order valence-corrected chi connectivity index (χ1v) is 18.3. The molecule has 0 amide bonds. The van der Waals surface area contributed by atoms with Crippen molar-refractivity contribution in [1.29, 1.82) is 0 Å². The highest BCUT2D eigenvalue weighted by Gasteiger charge is 2.27. The van der Waals surface area contributed by atoms with Crippen molar-refractivity contribution in [1.82, 2.24) is 0 Å². The third-order valence-corrected chi connectivity index (χ3v) is 9.28. The van der Waals surface area contributed by atoms with Crippen LogP contribution in [0.15, 0.2) is 0 Å². The van der Waals surface area contributed by atoms with Gasteiger partial charge in [0.25, 0.3) is 0 Å². The van der Waals surface area contributed by atoms with E-state index in [1.54, 1.807) is 0 Å². The average molecular weight is 699 g/mol. The quantitative estimate of drug-likeness (QED) is 0.0679. The minimum atomic E-state index is 0. The van der Waals surface area contributed by atoms with Crippen LogP contribution >= 0.6 is 0 Å². The van der Waals surface area contributed by atoms with Crippen molar-refractivity contribution in [2.45, 2.75) is 183 Å². The van der Waals surface area contributed by atoms with Crippen LogP contribution in [0, 0.1) is 0 Å². The van der Waals surface area contributed by atoms with Crippen molar-refractivity contribution < 1.29 is 42.9 Å². The third-order valence-electron chi connectivity index (χ3n) is 9.28. The highest BCUT2D eigenvalue weighted by Crippen LogP contribution is 2.20. The molecule has 0 fully saturated rings. The second kappa shape index (κ2) is 32.8. The van der Waals surface area contributed by atoms with Crippen molar-refractivity contribution in [3.8, 4) is 0 Å². The maximum Gasteiger partial charge on any atom is 0.0788 e. The van der Waals surface area contributed by atoms with E-state index in [0.29, 0.717) is 0 Å². The van der Waals surface area contributed by atoms with E-state index < -0.39 is 0 Å². The number of halogens is 2. The molecular weight excluding hydrogens is 620 g/mol. The lowest BCUT2D eigenvalue weighted by Gasteiger charge is -2.41. The zero-order valence-electron chi connectivity index (χ0n) is 28.9. The van der Waals surface area contributed by atoms with Gasteiger partial charge in [0.15, 0.2) is 0 Å². The zero-order valence-corrected chi connectivity index (χ0v) is 32.0. The first kappa shape index (κ1) is 45.3. The van der Waals surface area contributed by atoms with E-state index in [-0.39, 0.29) is 34.0 Å². The van der Waals surface area contributed by atoms with Gasteiger partial charge in [-0.3, -0.25) is 0 Å². The monoisotopic (exact) mass is 696 g/mol. The van der Waals surface area contributed by atoms with Crippen LogP contribution in [0.3, 0.4) is 0 Å². The van der Waals surface area contributed by atoms with Gasteiger partial charge in [-0.25, -0.2) is 0 Å². The van der Waals surface area contributed by atoms with Crippen molar-refractivity contribution in [3.05, 3.63) is 0 Å². The Hall–Kier alpha value is 0.880. The molecule has 0 rings (SSSR count). The topological polar surface area (TPSA) is 0 Å². The van der Waals surface area contributed by atoms with Gasteiger partial charge in [0.05, 0.1) is 52.4 Å². The number of hydrogen-bond donors (Lipinski definition) is 0. The fraction of sp³-hybridized carbons (Fsp3) is 1.00. The Labute approximate surface area is 276 Å². The van der Waals surface area contributed by atoms with Gasteiger partial charge < -0.3 is 42.9 Å². The summed E-state index contributed by atoms with van der Waals surface area (Å²) in [4.78, 5) is 0. The Morgan fingerprint density at radius 1 is 0.225 bits per heavy atom. The lowest BCUT2D eigenvalue weighted by atomic mass is 10.1. The van der Waals surface area contributed by atoms with Gasteiger partial charge in [0.1, 0.15) is 0 Å². The molecule has 0 unspecified atom stereocenters. The molecular formula is C36H78Br2N2. The van der Waals surface area contributed by atoms with E-state index in [1.807, 2.05) is 0 Å². The first-order chi connectivity index (χ1) is 18.6. The number of unbranched alkanes of at least 4 members (excludes halogenated alkanes) is 15. The summed E-state index contributed by atoms with van der Waals surface area (Å²) in [6.45, 7) is 25.7. The van der Waals surface area contributed by atoms with Gasteiger partial charge in [-0.15, -0.1) is 0 Å². The standard InChI is InChI=1S/C36H78N2.2BrH/c1-7-13-15-17-19-21-23-25-33-37(29-9-3,30-10-4)35-27-28-36-38(31-11-5,32-12-6)34-26-24-22-20-18-16-14-8-2;;/h7-36H2,1-6H3;2*1H/q+2;;/p-2. The molecule has 0 bridgehead atoms. The van der Waals surface area contributed by atoms with Crippen LogP contribution in [0.2, 0.25) is 0 Å². The number of hydrogen-bond acceptors (Lipinski definition) is 0. The van der Waals surface area contributed by atoms with E-state index in [0.717, 1.165) is 0 Å². The smallest absolute Gasteiger partial charge is 0.0788 e. The van der Waals surface area contributed by atoms with E-state index in [4.69, 9.17) is 0 Å². The summed E-state index contributed by atoms with van der Waals surface area (Å²) in [5, 5.41) is 0. The first-order valence-electron chi connectivity index (χ1n) is 18.3. The van der Waals surface area contributed by atoms with Crippen molar-refractivity contribution >= 4 is 0 Å². The molecule has 0 radical (unpaired) electrons. The molecule has 0 saturated heterocycles. The Bertz CT molecular complexity index is 418. The second-order valence-corrected chi connectivity index (χ2v) is 13.1. The fourth-order valence-electron chi connectivity index (χ4n) is 7.30. The van der Waals surface area contributed by atoms with E-state index in [2.05, 4.69) is 41.5 Å². The number of nitrogens with zero attached hydrogens (tertiary/aromatic N) is 2. The SMILES string of the molecule is CCCCCCCCCC[N+](CCC)(CCC)CCCC[N+](CCC)(CCC)CCCCCCCCCC.[Br-].[Br-]. The maximum absolute atomic E-state index is 2.42. The molecule has 0 aliphatic heterocycles. The Kier molecular flexibility index (Phi) is 37.1. The minimum Gasteiger partial charge on any atom is -1.00 e. The summed E-state index contributed by atoms with van der Waals surface area (Å²) in [6.07, 6.45) is 31.4. The molecule has 0 aromatic rings. The molecule has 0 N–H and O–H groups in total. The van der Waals surface area contributed by atoms with Crippen LogP contribution in [0.4, 0.5) is 0 Å². The van der Waals surface area contributed by atoms with Crippen molar-refractivity contribution in [2.24, 2.45) is 0 Å². The maximum atomic E-state index is 2.42. The van der Waals surface area contributed by atoms with Crippen LogP contribution in [-0.4, -0.2) is 61.3 Å². The van der Waals surface area contributed by atoms with Crippen LogP contribution in [-0.2, 0) is 0 Å². The van der Waals surface area contributed by atoms with Gasteiger partial charge in [-0.1, -0.05) is 119 Å². The van der Waals surface area contributed by atoms with Crippen LogP contribution in [0.1, 0.15) is 183 Å². The molecule has 246 valence electrons. The Morgan fingerprint density at radius 3 is 0.650 bits per heavy atom. The Morgan fingerprint density at radius 2 is 0.425 bits per heavy atom. The molecule has 0 aromatic heterocycles. The number of rotatable bonds is 31. The summed E-state index contributed by atoms with van der Waals surface area (Å²) in [5.41, 5.74) is 0. The van der Waals surface area contributed by atoms with Crippen molar-refractivity contribution in [3.63, 3.8) is 0 Å². The molecule has 0 saturated carbocycles. The van der Waals surface area contributed by atoms with E-state index >= 15 is 0 Å². The molecule has 0 atom stereocenters. The summed E-state index contributed by atoms with van der Waals surface area (Å²) < 4.78 is 2.84. The predicted octanol–water partition coefficient (Wildman–Crippen LogP) is 5.33. The van der Waals surface area contributed by atoms with Crippen molar-refractivity contribution in [2.75, 3.05) is 52.4 Å². The highest BCUT2D eigenvalue weighted by molar-refractivity contribution is 4.54. The molecule has 0 spiro atoms. The lowest BCUT2D eigenvalue weighted by Crippen LogP contribution is -3.00. The molecule has 4 heteroatoms. The molecule has 2 nitrogen and oxygen atoms in total. The Balaban J connectivity index is -0.00000684. The fourth-order valence-corrected chi connectivity index (χ4v) is 7.30. The number of quaternary nitrogens is 2. The van der Waals surface area contributed by atoms with Gasteiger partial charge in [0.2, 0.25) is 0 Å².